The Balaban J connectivity index is 1.84. The van der Waals surface area contributed by atoms with Gasteiger partial charge in [-0.1, -0.05) is 24.9 Å². The minimum Gasteiger partial charge on any atom is -0.390 e. The van der Waals surface area contributed by atoms with E-state index in [0.29, 0.717) is 30.5 Å². The highest BCUT2D eigenvalue weighted by Crippen LogP contribution is 2.44. The smallest absolute Gasteiger partial charge is 0.260 e. The van der Waals surface area contributed by atoms with Crippen molar-refractivity contribution in [1.29, 1.82) is 0 Å². The number of H-pyrrole nitrogens is 1. The van der Waals surface area contributed by atoms with Crippen LogP contribution in [0.15, 0.2) is 17.1 Å². The highest BCUT2D eigenvalue weighted by molar-refractivity contribution is 6.30. The summed E-state index contributed by atoms with van der Waals surface area (Å²) < 4.78 is 0. The molecule has 1 aromatic rings. The van der Waals surface area contributed by atoms with Crippen molar-refractivity contribution in [2.75, 3.05) is 13.1 Å². The molecule has 1 aliphatic heterocycles. The van der Waals surface area contributed by atoms with Gasteiger partial charge < -0.3 is 15.0 Å². The summed E-state index contributed by atoms with van der Waals surface area (Å²) in [5.74, 6) is 0.131. The van der Waals surface area contributed by atoms with Crippen LogP contribution in [0.4, 0.5) is 0 Å². The maximum atomic E-state index is 12.6. The van der Waals surface area contributed by atoms with E-state index in [1.807, 2.05) is 6.92 Å². The lowest BCUT2D eigenvalue weighted by Crippen LogP contribution is -2.44. The van der Waals surface area contributed by atoms with Crippen molar-refractivity contribution < 1.29 is 9.90 Å². The molecular formula is C16H21ClN2O3. The molecule has 120 valence electrons. The molecule has 2 fully saturated rings. The standard InChI is InChI=1S/C16H21ClN2O3/c1-2-16(22)5-3-4-10-8-19(9-13(10)16)15(21)12-6-11(17)7-18-14(12)20/h6-7,10,13,22H,2-5,8-9H2,1H3,(H,18,20)/t10-,13+,16-/m1/s1. The third kappa shape index (κ3) is 2.57. The van der Waals surface area contributed by atoms with E-state index in [9.17, 15) is 14.7 Å². The largest absolute Gasteiger partial charge is 0.390 e. The number of fused-ring (bicyclic) bond motifs is 1. The molecular weight excluding hydrogens is 304 g/mol. The van der Waals surface area contributed by atoms with Crippen LogP contribution in [0.5, 0.6) is 0 Å². The van der Waals surface area contributed by atoms with Crippen molar-refractivity contribution in [2.24, 2.45) is 11.8 Å². The molecule has 1 aromatic heterocycles. The number of carbonyl (C=O) groups is 1. The van der Waals surface area contributed by atoms with Gasteiger partial charge in [0.05, 0.1) is 10.6 Å². The number of carbonyl (C=O) groups excluding carboxylic acids is 1. The van der Waals surface area contributed by atoms with Gasteiger partial charge in [-0.2, -0.15) is 0 Å². The molecule has 1 aliphatic carbocycles. The number of pyridine rings is 1. The SMILES string of the molecule is CC[C@@]1(O)CCC[C@@H]2CN(C(=O)c3cc(Cl)c[nH]c3=O)C[C@@H]21. The van der Waals surface area contributed by atoms with Crippen molar-refractivity contribution in [1.82, 2.24) is 9.88 Å². The molecule has 0 bridgehead atoms. The second-order valence-corrected chi connectivity index (χ2v) is 6.92. The van der Waals surface area contributed by atoms with Crippen molar-refractivity contribution in [3.8, 4) is 0 Å². The molecule has 1 amide bonds. The van der Waals surface area contributed by atoms with Crippen LogP contribution >= 0.6 is 11.6 Å². The van der Waals surface area contributed by atoms with E-state index in [0.717, 1.165) is 19.3 Å². The van der Waals surface area contributed by atoms with Crippen LogP contribution in [0, 0.1) is 11.8 Å². The Morgan fingerprint density at radius 1 is 1.55 bits per heavy atom. The molecule has 1 saturated carbocycles. The molecule has 0 spiro atoms. The summed E-state index contributed by atoms with van der Waals surface area (Å²) >= 11 is 5.88. The summed E-state index contributed by atoms with van der Waals surface area (Å²) in [5, 5.41) is 11.1. The molecule has 5 nitrogen and oxygen atoms in total. The van der Waals surface area contributed by atoms with E-state index in [2.05, 4.69) is 4.98 Å². The highest BCUT2D eigenvalue weighted by atomic mass is 35.5. The van der Waals surface area contributed by atoms with Crippen molar-refractivity contribution >= 4 is 17.5 Å². The van der Waals surface area contributed by atoms with Crippen LogP contribution in [0.3, 0.4) is 0 Å². The number of nitrogens with one attached hydrogen (secondary N) is 1. The molecule has 1 saturated heterocycles. The van der Waals surface area contributed by atoms with Crippen LogP contribution < -0.4 is 5.56 Å². The first-order valence-corrected chi connectivity index (χ1v) is 8.22. The number of aliphatic hydroxyl groups is 1. The van der Waals surface area contributed by atoms with Crippen LogP contribution in [0.1, 0.15) is 43.0 Å². The number of rotatable bonds is 2. The minimum atomic E-state index is -0.682. The van der Waals surface area contributed by atoms with Crippen molar-refractivity contribution in [3.63, 3.8) is 0 Å². The van der Waals surface area contributed by atoms with Gasteiger partial charge in [-0.05, 0) is 31.2 Å². The molecule has 3 atom stereocenters. The van der Waals surface area contributed by atoms with Gasteiger partial charge in [-0.3, -0.25) is 9.59 Å². The lowest BCUT2D eigenvalue weighted by Gasteiger charge is -2.40. The number of aromatic nitrogens is 1. The van der Waals surface area contributed by atoms with E-state index in [1.54, 1.807) is 4.90 Å². The summed E-state index contributed by atoms with van der Waals surface area (Å²) in [4.78, 5) is 28.7. The first-order chi connectivity index (χ1) is 10.4. The Labute approximate surface area is 134 Å². The van der Waals surface area contributed by atoms with Gasteiger partial charge in [0.25, 0.3) is 11.5 Å². The van der Waals surface area contributed by atoms with Crippen LogP contribution in [0.2, 0.25) is 5.02 Å². The fraction of sp³-hybridized carbons (Fsp3) is 0.625. The molecule has 6 heteroatoms. The first-order valence-electron chi connectivity index (χ1n) is 7.84. The van der Waals surface area contributed by atoms with Crippen molar-refractivity contribution in [3.05, 3.63) is 33.2 Å². The molecule has 2 N–H and O–H groups in total. The van der Waals surface area contributed by atoms with Gasteiger partial charge in [0, 0.05) is 25.2 Å². The van der Waals surface area contributed by atoms with Gasteiger partial charge in [0.15, 0.2) is 0 Å². The summed E-state index contributed by atoms with van der Waals surface area (Å²) in [6, 6.07) is 1.41. The average molecular weight is 325 g/mol. The predicted octanol–water partition coefficient (Wildman–Crippen LogP) is 2.04. The van der Waals surface area contributed by atoms with Gasteiger partial charge in [0.1, 0.15) is 5.56 Å². The van der Waals surface area contributed by atoms with Crippen LogP contribution in [-0.4, -0.2) is 39.6 Å². The summed E-state index contributed by atoms with van der Waals surface area (Å²) in [5.41, 5.74) is -1.03. The van der Waals surface area contributed by atoms with Crippen molar-refractivity contribution in [2.45, 2.75) is 38.2 Å². The Morgan fingerprint density at radius 2 is 2.32 bits per heavy atom. The normalized spacial score (nSPS) is 31.1. The van der Waals surface area contributed by atoms with Gasteiger partial charge >= 0.3 is 0 Å². The quantitative estimate of drug-likeness (QED) is 0.874. The molecule has 3 rings (SSSR count). The van der Waals surface area contributed by atoms with E-state index in [-0.39, 0.29) is 17.4 Å². The Kier molecular flexibility index (Phi) is 4.03. The fourth-order valence-corrected chi connectivity index (χ4v) is 4.18. The molecule has 2 aliphatic rings. The van der Waals surface area contributed by atoms with E-state index in [1.165, 1.54) is 12.3 Å². The third-order valence-electron chi connectivity index (χ3n) is 5.31. The number of likely N-dealkylation sites (tertiary alicyclic amines) is 1. The lowest BCUT2D eigenvalue weighted by molar-refractivity contribution is -0.0609. The summed E-state index contributed by atoms with van der Waals surface area (Å²) in [7, 11) is 0. The second kappa shape index (κ2) is 5.70. The summed E-state index contributed by atoms with van der Waals surface area (Å²) in [6.45, 7) is 3.12. The second-order valence-electron chi connectivity index (χ2n) is 6.49. The number of amides is 1. The topological polar surface area (TPSA) is 73.4 Å². The zero-order chi connectivity index (χ0) is 15.9. The van der Waals surface area contributed by atoms with E-state index in [4.69, 9.17) is 11.6 Å². The maximum absolute atomic E-state index is 12.6. The number of hydrogen-bond donors (Lipinski definition) is 2. The zero-order valence-electron chi connectivity index (χ0n) is 12.6. The van der Waals surface area contributed by atoms with Crippen LogP contribution in [-0.2, 0) is 0 Å². The monoisotopic (exact) mass is 324 g/mol. The number of aromatic amines is 1. The minimum absolute atomic E-state index is 0.0752. The molecule has 0 unspecified atom stereocenters. The Bertz CT molecular complexity index is 645. The molecule has 0 radical (unpaired) electrons. The number of nitrogens with zero attached hydrogens (tertiary/aromatic N) is 1. The number of hydrogen-bond acceptors (Lipinski definition) is 3. The third-order valence-corrected chi connectivity index (χ3v) is 5.53. The highest BCUT2D eigenvalue weighted by Gasteiger charge is 2.48. The first kappa shape index (κ1) is 15.6. The van der Waals surface area contributed by atoms with Gasteiger partial charge in [-0.25, -0.2) is 0 Å². The zero-order valence-corrected chi connectivity index (χ0v) is 13.4. The Hall–Kier alpha value is -1.33. The van der Waals surface area contributed by atoms with E-state index < -0.39 is 11.2 Å². The molecule has 22 heavy (non-hydrogen) atoms. The average Bonchev–Trinajstić information content (AvgIpc) is 2.95. The molecule has 2 heterocycles. The van der Waals surface area contributed by atoms with Crippen LogP contribution in [0.25, 0.3) is 0 Å². The van der Waals surface area contributed by atoms with E-state index >= 15 is 0 Å². The fourth-order valence-electron chi connectivity index (χ4n) is 4.02. The van der Waals surface area contributed by atoms with Gasteiger partial charge in [-0.15, -0.1) is 0 Å². The predicted molar refractivity (Wildman–Crippen MR) is 84.0 cm³/mol. The lowest BCUT2D eigenvalue weighted by atomic mass is 9.69. The molecule has 0 aromatic carbocycles. The Morgan fingerprint density at radius 3 is 3.05 bits per heavy atom. The van der Waals surface area contributed by atoms with Gasteiger partial charge in [0.2, 0.25) is 0 Å². The number of halogens is 1. The summed E-state index contributed by atoms with van der Waals surface area (Å²) in [6.07, 6.45) is 4.90. The maximum Gasteiger partial charge on any atom is 0.260 e.